The Morgan fingerprint density at radius 2 is 2.11 bits per heavy atom. The number of H-pyrrole nitrogens is 1. The van der Waals surface area contributed by atoms with Gasteiger partial charge in [-0.25, -0.2) is 9.97 Å². The normalized spacial score (nSPS) is 14.7. The highest BCUT2D eigenvalue weighted by Crippen LogP contribution is 2.42. The molecule has 0 aliphatic carbocycles. The Balaban J connectivity index is 1.50. The number of carbonyl (C=O) groups excluding carboxylic acids is 1. The van der Waals surface area contributed by atoms with E-state index >= 15 is 0 Å². The Labute approximate surface area is 165 Å². The Bertz CT molecular complexity index is 1080. The molecule has 0 saturated heterocycles. The third kappa shape index (κ3) is 3.58. The summed E-state index contributed by atoms with van der Waals surface area (Å²) in [5, 5.41) is 6.73. The lowest BCUT2D eigenvalue weighted by Crippen LogP contribution is -2.25. The van der Waals surface area contributed by atoms with E-state index in [0.717, 1.165) is 4.91 Å². The molecule has 0 atom stereocenters. The van der Waals surface area contributed by atoms with Crippen LogP contribution in [0.5, 0.6) is 11.5 Å². The molecule has 1 amide bonds. The minimum atomic E-state index is -3.70. The van der Waals surface area contributed by atoms with Gasteiger partial charge in [0, 0.05) is 22.4 Å². The van der Waals surface area contributed by atoms with Crippen molar-refractivity contribution < 1.29 is 23.0 Å². The molecule has 0 unspecified atom stereocenters. The first kappa shape index (κ1) is 18.4. The minimum Gasteiger partial charge on any atom is -0.395 e. The van der Waals surface area contributed by atoms with Crippen LogP contribution < -0.4 is 14.8 Å². The predicted molar refractivity (Wildman–Crippen MR) is 104 cm³/mol. The highest BCUT2D eigenvalue weighted by molar-refractivity contribution is 8.11. The first-order valence-electron chi connectivity index (χ1n) is 7.88. The van der Waals surface area contributed by atoms with Gasteiger partial charge in [-0.2, -0.15) is 0 Å². The number of allylic oxidation sites excluding steroid dienone is 1. The lowest BCUT2D eigenvalue weighted by Gasteiger charge is -2.04. The molecule has 0 fully saturated rings. The second-order valence-electron chi connectivity index (χ2n) is 5.57. The number of benzene rings is 1. The summed E-state index contributed by atoms with van der Waals surface area (Å²) in [5.74, 6) is -0.549. The zero-order chi connectivity index (χ0) is 19.9. The second-order valence-corrected chi connectivity index (χ2v) is 7.43. The lowest BCUT2D eigenvalue weighted by molar-refractivity contribution is -0.286. The molecule has 28 heavy (non-hydrogen) atoms. The fourth-order valence-electron chi connectivity index (χ4n) is 2.39. The number of fused-ring (bicyclic) bond motifs is 2. The molecule has 0 spiro atoms. The van der Waals surface area contributed by atoms with Gasteiger partial charge in [-0.3, -0.25) is 10.1 Å². The van der Waals surface area contributed by atoms with Crippen LogP contribution in [0.2, 0.25) is 0 Å². The van der Waals surface area contributed by atoms with Crippen LogP contribution in [0.3, 0.4) is 0 Å². The molecule has 3 heterocycles. The number of imidazole rings is 1. The maximum absolute atomic E-state index is 13.1. The summed E-state index contributed by atoms with van der Waals surface area (Å²) in [6.07, 6.45) is -1.82. The number of carbonyl (C=O) groups is 1. The van der Waals surface area contributed by atoms with E-state index in [9.17, 15) is 13.6 Å². The van der Waals surface area contributed by atoms with Crippen LogP contribution in [0.15, 0.2) is 35.6 Å². The van der Waals surface area contributed by atoms with Gasteiger partial charge in [0.1, 0.15) is 10.7 Å². The van der Waals surface area contributed by atoms with Crippen LogP contribution in [0.4, 0.5) is 14.7 Å². The Kier molecular flexibility index (Phi) is 4.55. The van der Waals surface area contributed by atoms with E-state index in [0.29, 0.717) is 16.0 Å². The van der Waals surface area contributed by atoms with E-state index < -0.39 is 12.2 Å². The van der Waals surface area contributed by atoms with E-state index in [-0.39, 0.29) is 23.1 Å². The van der Waals surface area contributed by atoms with Gasteiger partial charge in [0.25, 0.3) is 5.91 Å². The summed E-state index contributed by atoms with van der Waals surface area (Å²) in [4.78, 5) is 24.4. The number of hydrogen-bond acceptors (Lipinski definition) is 7. The van der Waals surface area contributed by atoms with Crippen molar-refractivity contribution >= 4 is 50.9 Å². The maximum atomic E-state index is 13.1. The van der Waals surface area contributed by atoms with Crippen molar-refractivity contribution in [3.63, 3.8) is 0 Å². The fourth-order valence-corrected chi connectivity index (χ4v) is 3.79. The maximum Gasteiger partial charge on any atom is 0.586 e. The molecular formula is C17H12F2N4O3S2. The summed E-state index contributed by atoms with van der Waals surface area (Å²) in [5.41, 5.74) is 0.965. The molecular weight excluding hydrogens is 410 g/mol. The van der Waals surface area contributed by atoms with Crippen LogP contribution in [-0.4, -0.2) is 27.2 Å². The van der Waals surface area contributed by atoms with Gasteiger partial charge in [0.15, 0.2) is 11.5 Å². The second kappa shape index (κ2) is 6.91. The van der Waals surface area contributed by atoms with Crippen molar-refractivity contribution in [3.8, 4) is 11.5 Å². The number of nitrogens with one attached hydrogen (secondary N) is 2. The van der Waals surface area contributed by atoms with Crippen LogP contribution in [-0.2, 0) is 0 Å². The number of aromatic nitrogens is 3. The number of nitrogens with zero attached hydrogens (tertiary/aromatic N) is 2. The summed E-state index contributed by atoms with van der Waals surface area (Å²) >= 11 is 2.72. The number of anilines is 1. The largest absolute Gasteiger partial charge is 0.586 e. The highest BCUT2D eigenvalue weighted by atomic mass is 32.2. The van der Waals surface area contributed by atoms with Crippen LogP contribution in [0, 0.1) is 0 Å². The molecule has 7 nitrogen and oxygen atoms in total. The smallest absolute Gasteiger partial charge is 0.395 e. The molecule has 1 aliphatic heterocycles. The first-order valence-corrected chi connectivity index (χ1v) is 9.64. The molecule has 144 valence electrons. The molecule has 2 aromatic heterocycles. The average molecular weight is 422 g/mol. The lowest BCUT2D eigenvalue weighted by atomic mass is 10.3. The molecule has 1 aliphatic rings. The van der Waals surface area contributed by atoms with Gasteiger partial charge in [-0.1, -0.05) is 24.4 Å². The predicted octanol–water partition coefficient (Wildman–Crippen LogP) is 4.83. The zero-order valence-electron chi connectivity index (χ0n) is 14.3. The van der Waals surface area contributed by atoms with E-state index in [1.807, 2.05) is 18.4 Å². The van der Waals surface area contributed by atoms with E-state index in [2.05, 4.69) is 36.3 Å². The number of rotatable bonds is 5. The fraction of sp³-hybridized carbons (Fsp3) is 0.118. The van der Waals surface area contributed by atoms with Crippen molar-refractivity contribution in [3.05, 3.63) is 46.3 Å². The van der Waals surface area contributed by atoms with Crippen molar-refractivity contribution in [2.75, 3.05) is 5.32 Å². The number of halogens is 2. The number of hydrogen-bond donors (Lipinski definition) is 2. The van der Waals surface area contributed by atoms with Gasteiger partial charge in [-0.05, 0) is 12.3 Å². The van der Waals surface area contributed by atoms with Gasteiger partial charge in [-0.15, -0.1) is 20.1 Å². The summed E-state index contributed by atoms with van der Waals surface area (Å²) in [6, 6.07) is 2.64. The Morgan fingerprint density at radius 1 is 1.36 bits per heavy atom. The minimum absolute atomic E-state index is 0.111. The van der Waals surface area contributed by atoms with Crippen LogP contribution in [0.25, 0.3) is 15.9 Å². The van der Waals surface area contributed by atoms with Gasteiger partial charge >= 0.3 is 6.29 Å². The molecule has 0 bridgehead atoms. The summed E-state index contributed by atoms with van der Waals surface area (Å²) < 4.78 is 35.0. The number of thioether (sulfide) groups is 1. The quantitative estimate of drug-likeness (QED) is 0.612. The topological polar surface area (TPSA) is 89.1 Å². The number of aromatic amines is 1. The molecule has 11 heteroatoms. The van der Waals surface area contributed by atoms with Crippen molar-refractivity contribution in [2.45, 2.75) is 13.2 Å². The Hall–Kier alpha value is -2.92. The van der Waals surface area contributed by atoms with Crippen molar-refractivity contribution in [1.82, 2.24) is 15.0 Å². The molecule has 1 aromatic carbocycles. The van der Waals surface area contributed by atoms with Gasteiger partial charge < -0.3 is 14.5 Å². The zero-order valence-corrected chi connectivity index (χ0v) is 15.9. The molecule has 0 saturated carbocycles. The van der Waals surface area contributed by atoms with E-state index in [1.54, 1.807) is 5.38 Å². The van der Waals surface area contributed by atoms with Crippen molar-refractivity contribution in [1.29, 1.82) is 0 Å². The number of ether oxygens (including phenoxy) is 2. The van der Waals surface area contributed by atoms with Gasteiger partial charge in [0.05, 0.1) is 11.0 Å². The number of amides is 1. The van der Waals surface area contributed by atoms with Crippen LogP contribution >= 0.6 is 23.1 Å². The first-order chi connectivity index (χ1) is 13.3. The summed E-state index contributed by atoms with van der Waals surface area (Å²) in [6.45, 7) is 5.82. The molecule has 2 N–H and O–H groups in total. The molecule has 4 rings (SSSR count). The van der Waals surface area contributed by atoms with Gasteiger partial charge in [0.2, 0.25) is 5.95 Å². The standard InChI is InChI=1S/C17H12F2N4O3S2/c1-3-4-27-8(2)15-20-11(7-28-15)14(24)23-16-21-9-5-12-13(6-10(9)22-16)26-17(18,19)25-12/h3-7H,2H2,1H3,(H2,21,22,23,24)/b4-3-. The summed E-state index contributed by atoms with van der Waals surface area (Å²) in [7, 11) is 0. The third-order valence-corrected chi connectivity index (χ3v) is 5.48. The number of alkyl halides is 2. The van der Waals surface area contributed by atoms with Crippen LogP contribution in [0.1, 0.15) is 22.4 Å². The highest BCUT2D eigenvalue weighted by Gasteiger charge is 2.43. The SMILES string of the molecule is C=C(S/C=C\C)c1nc(C(=O)Nc2nc3cc4c(cc3[nH]2)OC(F)(F)O4)cs1. The van der Waals surface area contributed by atoms with Crippen molar-refractivity contribution in [2.24, 2.45) is 0 Å². The Morgan fingerprint density at radius 3 is 2.86 bits per heavy atom. The van der Waals surface area contributed by atoms with E-state index in [1.165, 1.54) is 35.2 Å². The third-order valence-electron chi connectivity index (χ3n) is 3.56. The number of thiazole rings is 1. The monoisotopic (exact) mass is 422 g/mol. The molecule has 3 aromatic rings. The average Bonchev–Trinajstić information content (AvgIpc) is 3.32. The molecule has 0 radical (unpaired) electrons. The van der Waals surface area contributed by atoms with E-state index in [4.69, 9.17) is 0 Å².